The lowest BCUT2D eigenvalue weighted by molar-refractivity contribution is -0.128. The number of hydrogen-bond acceptors (Lipinski definition) is 6. The van der Waals surface area contributed by atoms with Crippen LogP contribution in [0, 0.1) is 0 Å². The smallest absolute Gasteiger partial charge is 0.339 e. The Morgan fingerprint density at radius 1 is 1.17 bits per heavy atom. The first kappa shape index (κ1) is 19.1. The molecule has 3 aromatic rings. The van der Waals surface area contributed by atoms with Crippen molar-refractivity contribution >= 4 is 23.5 Å². The molecule has 0 saturated heterocycles. The van der Waals surface area contributed by atoms with Gasteiger partial charge >= 0.3 is 5.97 Å². The molecule has 0 aliphatic heterocycles. The fourth-order valence-electron chi connectivity index (χ4n) is 3.04. The first-order valence-corrected chi connectivity index (χ1v) is 9.51. The molecule has 148 valence electrons. The van der Waals surface area contributed by atoms with Crippen LogP contribution in [-0.4, -0.2) is 37.7 Å². The Morgan fingerprint density at radius 2 is 1.90 bits per heavy atom. The summed E-state index contributed by atoms with van der Waals surface area (Å²) in [4.78, 5) is 24.4. The lowest BCUT2D eigenvalue weighted by Gasteiger charge is -2.15. The number of nitrogens with two attached hydrogens (primary N) is 1. The second-order valence-corrected chi connectivity index (χ2v) is 7.32. The van der Waals surface area contributed by atoms with Crippen molar-refractivity contribution < 1.29 is 14.3 Å². The monoisotopic (exact) mass is 411 g/mol. The van der Waals surface area contributed by atoms with E-state index in [9.17, 15) is 9.59 Å². The van der Waals surface area contributed by atoms with Crippen molar-refractivity contribution in [2.24, 2.45) is 5.73 Å². The number of halogens is 1. The number of amides is 1. The van der Waals surface area contributed by atoms with E-state index >= 15 is 0 Å². The van der Waals surface area contributed by atoms with Gasteiger partial charge in [0.1, 0.15) is 0 Å². The fraction of sp³-hybridized carbons (Fsp3) is 0.250. The summed E-state index contributed by atoms with van der Waals surface area (Å²) >= 11 is 5.99. The van der Waals surface area contributed by atoms with E-state index in [1.54, 1.807) is 28.9 Å². The number of ether oxygens (including phenoxy) is 1. The molecule has 0 spiro atoms. The van der Waals surface area contributed by atoms with Crippen molar-refractivity contribution in [3.05, 3.63) is 58.9 Å². The van der Waals surface area contributed by atoms with Crippen LogP contribution in [0.4, 0.5) is 0 Å². The highest BCUT2D eigenvalue weighted by Crippen LogP contribution is 2.40. The predicted molar refractivity (Wildman–Crippen MR) is 106 cm³/mol. The largest absolute Gasteiger partial charge is 0.445 e. The van der Waals surface area contributed by atoms with Gasteiger partial charge in [0.2, 0.25) is 0 Å². The van der Waals surface area contributed by atoms with Crippen LogP contribution in [0.15, 0.2) is 42.5 Å². The number of nitrogens with zero attached hydrogens (tertiary/aromatic N) is 4. The number of carbonyl (C=O) groups is 2. The molecular weight excluding hydrogens is 394 g/mol. The number of primary amides is 1. The maximum atomic E-state index is 12.8. The second kappa shape index (κ2) is 7.29. The van der Waals surface area contributed by atoms with Crippen LogP contribution in [0.3, 0.4) is 0 Å². The van der Waals surface area contributed by atoms with Crippen molar-refractivity contribution in [1.82, 2.24) is 20.2 Å². The van der Waals surface area contributed by atoms with Gasteiger partial charge in [-0.3, -0.25) is 4.79 Å². The number of rotatable bonds is 6. The van der Waals surface area contributed by atoms with E-state index < -0.39 is 17.5 Å². The van der Waals surface area contributed by atoms with E-state index in [1.807, 2.05) is 25.1 Å². The quantitative estimate of drug-likeness (QED) is 0.624. The van der Waals surface area contributed by atoms with Crippen LogP contribution >= 0.6 is 11.6 Å². The number of benzene rings is 2. The highest BCUT2D eigenvalue weighted by molar-refractivity contribution is 6.30. The molecule has 1 saturated carbocycles. The van der Waals surface area contributed by atoms with Gasteiger partial charge in [-0.2, -0.15) is 4.68 Å². The molecule has 1 aliphatic carbocycles. The molecule has 29 heavy (non-hydrogen) atoms. The Kier molecular flexibility index (Phi) is 4.79. The van der Waals surface area contributed by atoms with Gasteiger partial charge in [0.25, 0.3) is 5.91 Å². The average molecular weight is 412 g/mol. The van der Waals surface area contributed by atoms with E-state index in [4.69, 9.17) is 22.1 Å². The van der Waals surface area contributed by atoms with E-state index in [-0.39, 0.29) is 5.56 Å². The molecule has 4 rings (SSSR count). The first-order valence-electron chi connectivity index (χ1n) is 9.14. The Balaban J connectivity index is 1.79. The molecular formula is C20H18ClN5O3. The van der Waals surface area contributed by atoms with Crippen molar-refractivity contribution in [2.45, 2.75) is 31.8 Å². The van der Waals surface area contributed by atoms with E-state index in [1.165, 1.54) is 0 Å². The molecule has 1 aliphatic rings. The summed E-state index contributed by atoms with van der Waals surface area (Å²) in [6.45, 7) is 1.93. The van der Waals surface area contributed by atoms with Crippen molar-refractivity contribution in [3.8, 4) is 16.8 Å². The molecule has 1 amide bonds. The Labute approximate surface area is 171 Å². The SMILES string of the molecule is CCc1nnnn1-c1cc(C(=O)OC2(C(N)=O)CC2)cc(-c2ccc(Cl)cc2)c1. The van der Waals surface area contributed by atoms with Crippen molar-refractivity contribution in [2.75, 3.05) is 0 Å². The van der Waals surface area contributed by atoms with Crippen LogP contribution in [0.5, 0.6) is 0 Å². The average Bonchev–Trinajstić information content (AvgIpc) is 3.35. The van der Waals surface area contributed by atoms with Gasteiger partial charge in [0.15, 0.2) is 11.4 Å². The van der Waals surface area contributed by atoms with Crippen LogP contribution in [-0.2, 0) is 16.0 Å². The molecule has 0 unspecified atom stereocenters. The number of aromatic nitrogens is 4. The summed E-state index contributed by atoms with van der Waals surface area (Å²) < 4.78 is 7.01. The van der Waals surface area contributed by atoms with Gasteiger partial charge in [-0.15, -0.1) is 5.10 Å². The van der Waals surface area contributed by atoms with Crippen LogP contribution in [0.2, 0.25) is 5.02 Å². The summed E-state index contributed by atoms with van der Waals surface area (Å²) in [5, 5.41) is 12.4. The Morgan fingerprint density at radius 3 is 2.52 bits per heavy atom. The van der Waals surface area contributed by atoms with Gasteiger partial charge in [-0.25, -0.2) is 4.79 Å². The standard InChI is InChI=1S/C20H18ClN5O3/c1-2-17-23-24-25-26(17)16-10-13(12-3-5-15(21)6-4-12)9-14(11-16)18(27)29-20(7-8-20)19(22)28/h3-6,9-11H,2,7-8H2,1H3,(H2,22,28). The summed E-state index contributed by atoms with van der Waals surface area (Å²) in [6.07, 6.45) is 1.48. The predicted octanol–water partition coefficient (Wildman–Crippen LogP) is 2.72. The normalized spacial score (nSPS) is 14.4. The van der Waals surface area contributed by atoms with Gasteiger partial charge in [0.05, 0.1) is 11.3 Å². The molecule has 9 heteroatoms. The van der Waals surface area contributed by atoms with Crippen molar-refractivity contribution in [3.63, 3.8) is 0 Å². The molecule has 1 fully saturated rings. The molecule has 0 radical (unpaired) electrons. The number of esters is 1. The molecule has 2 N–H and O–H groups in total. The minimum atomic E-state index is -1.20. The number of aryl methyl sites for hydroxylation is 1. The maximum Gasteiger partial charge on any atom is 0.339 e. The second-order valence-electron chi connectivity index (χ2n) is 6.88. The van der Waals surface area contributed by atoms with Gasteiger partial charge in [-0.05, 0) is 51.9 Å². The first-order chi connectivity index (χ1) is 13.9. The molecule has 1 aromatic heterocycles. The highest BCUT2D eigenvalue weighted by Gasteiger charge is 2.53. The third kappa shape index (κ3) is 3.71. The molecule has 8 nitrogen and oxygen atoms in total. The van der Waals surface area contributed by atoms with E-state index in [2.05, 4.69) is 15.5 Å². The summed E-state index contributed by atoms with van der Waals surface area (Å²) in [5.74, 6) is -0.605. The Bertz CT molecular complexity index is 1090. The van der Waals surface area contributed by atoms with Gasteiger partial charge < -0.3 is 10.5 Å². The van der Waals surface area contributed by atoms with E-state index in [0.717, 1.165) is 11.1 Å². The molecule has 0 bridgehead atoms. The fourth-order valence-corrected chi connectivity index (χ4v) is 3.16. The summed E-state index contributed by atoms with van der Waals surface area (Å²) in [5.41, 5.74) is 6.68. The molecule has 0 atom stereocenters. The topological polar surface area (TPSA) is 113 Å². The lowest BCUT2D eigenvalue weighted by atomic mass is 10.0. The van der Waals surface area contributed by atoms with E-state index in [0.29, 0.717) is 35.8 Å². The summed E-state index contributed by atoms with van der Waals surface area (Å²) in [6, 6.07) is 12.4. The third-order valence-electron chi connectivity index (χ3n) is 4.87. The zero-order chi connectivity index (χ0) is 20.6. The number of tetrazole rings is 1. The zero-order valence-electron chi connectivity index (χ0n) is 15.6. The van der Waals surface area contributed by atoms with Crippen LogP contribution < -0.4 is 5.73 Å². The minimum Gasteiger partial charge on any atom is -0.445 e. The van der Waals surface area contributed by atoms with Crippen LogP contribution in [0.1, 0.15) is 35.9 Å². The minimum absolute atomic E-state index is 0.275. The van der Waals surface area contributed by atoms with Gasteiger partial charge in [-0.1, -0.05) is 30.7 Å². The number of carbonyl (C=O) groups excluding carboxylic acids is 2. The maximum absolute atomic E-state index is 12.8. The van der Waals surface area contributed by atoms with Crippen molar-refractivity contribution in [1.29, 1.82) is 0 Å². The van der Waals surface area contributed by atoms with Gasteiger partial charge in [0, 0.05) is 24.3 Å². The third-order valence-corrected chi connectivity index (χ3v) is 5.12. The Hall–Kier alpha value is -3.26. The number of hydrogen-bond donors (Lipinski definition) is 1. The highest BCUT2D eigenvalue weighted by atomic mass is 35.5. The zero-order valence-corrected chi connectivity index (χ0v) is 16.4. The summed E-state index contributed by atoms with van der Waals surface area (Å²) in [7, 11) is 0. The van der Waals surface area contributed by atoms with Crippen LogP contribution in [0.25, 0.3) is 16.8 Å². The molecule has 1 heterocycles. The molecule has 2 aromatic carbocycles. The lowest BCUT2D eigenvalue weighted by Crippen LogP contribution is -2.35.